The Kier molecular flexibility index (Phi) is 6.00. The quantitative estimate of drug-likeness (QED) is 0.725. The summed E-state index contributed by atoms with van der Waals surface area (Å²) < 4.78 is 19.0. The molecule has 1 saturated heterocycles. The van der Waals surface area contributed by atoms with Gasteiger partial charge in [-0.2, -0.15) is 0 Å². The van der Waals surface area contributed by atoms with Gasteiger partial charge in [-0.3, -0.25) is 9.78 Å². The second-order valence-corrected chi connectivity index (χ2v) is 8.49. The first-order valence-corrected chi connectivity index (χ1v) is 10.7. The van der Waals surface area contributed by atoms with Gasteiger partial charge >= 0.3 is 5.97 Å². The predicted octanol–water partition coefficient (Wildman–Crippen LogP) is 4.73. The van der Waals surface area contributed by atoms with Crippen molar-refractivity contribution in [2.75, 3.05) is 6.61 Å². The van der Waals surface area contributed by atoms with Crippen molar-refractivity contribution < 1.29 is 19.0 Å². The number of rotatable bonds is 5. The molecule has 2 fully saturated rings. The largest absolute Gasteiger partial charge is 0.462 e. The van der Waals surface area contributed by atoms with Crippen LogP contribution in [0.4, 0.5) is 4.39 Å². The Morgan fingerprint density at radius 1 is 1.27 bits per heavy atom. The Morgan fingerprint density at radius 3 is 2.77 bits per heavy atom. The normalized spacial score (nSPS) is 31.0. The average Bonchev–Trinajstić information content (AvgIpc) is 3.04. The van der Waals surface area contributed by atoms with E-state index in [0.717, 1.165) is 23.2 Å². The minimum atomic E-state index is -0.269. The molecule has 158 valence electrons. The molecule has 1 N–H and O–H groups in total. The number of halogens is 1. The molecule has 30 heavy (non-hydrogen) atoms. The van der Waals surface area contributed by atoms with Gasteiger partial charge in [0.15, 0.2) is 0 Å². The predicted molar refractivity (Wildman–Crippen MR) is 114 cm³/mol. The van der Waals surface area contributed by atoms with Gasteiger partial charge < -0.3 is 9.84 Å². The van der Waals surface area contributed by atoms with Crippen LogP contribution in [-0.2, 0) is 9.53 Å². The fourth-order valence-electron chi connectivity index (χ4n) is 5.41. The number of fused-ring (bicyclic) bond motifs is 1. The lowest BCUT2D eigenvalue weighted by Gasteiger charge is -2.42. The number of benzene rings is 1. The highest BCUT2D eigenvalue weighted by molar-refractivity contribution is 5.75. The summed E-state index contributed by atoms with van der Waals surface area (Å²) in [6, 6.07) is 10.3. The molecule has 0 amide bonds. The van der Waals surface area contributed by atoms with Crippen LogP contribution in [0.3, 0.4) is 0 Å². The molecule has 2 aromatic rings. The Hall–Kier alpha value is -2.53. The maximum atomic E-state index is 13.5. The van der Waals surface area contributed by atoms with Crippen molar-refractivity contribution in [3.63, 3.8) is 0 Å². The SMILES string of the molecule is CC[C@@H]1[C@@H](CO)C[C@H]2C(=O)O[C@H](C)[C@H]2[C@H]1C=Cc1ccc(-c2cccc(F)c2)cn1. The van der Waals surface area contributed by atoms with Crippen molar-refractivity contribution in [1.82, 2.24) is 4.98 Å². The van der Waals surface area contributed by atoms with Crippen LogP contribution in [0, 0.1) is 35.4 Å². The average molecular weight is 410 g/mol. The van der Waals surface area contributed by atoms with Gasteiger partial charge in [-0.15, -0.1) is 0 Å². The van der Waals surface area contributed by atoms with Crippen molar-refractivity contribution in [2.45, 2.75) is 32.8 Å². The first kappa shape index (κ1) is 20.7. The molecular formula is C25H28FNO3. The van der Waals surface area contributed by atoms with E-state index in [0.29, 0.717) is 12.3 Å². The third kappa shape index (κ3) is 3.91. The zero-order chi connectivity index (χ0) is 21.3. The Labute approximate surface area is 176 Å². The minimum absolute atomic E-state index is 0.0916. The van der Waals surface area contributed by atoms with Crippen LogP contribution in [0.5, 0.6) is 0 Å². The van der Waals surface area contributed by atoms with Gasteiger partial charge in [0.2, 0.25) is 0 Å². The molecule has 0 bridgehead atoms. The van der Waals surface area contributed by atoms with E-state index in [1.807, 2.05) is 31.2 Å². The van der Waals surface area contributed by atoms with E-state index in [2.05, 4.69) is 18.0 Å². The van der Waals surface area contributed by atoms with Gasteiger partial charge in [0, 0.05) is 24.3 Å². The summed E-state index contributed by atoms with van der Waals surface area (Å²) in [6.45, 7) is 4.21. The molecule has 1 aromatic heterocycles. The van der Waals surface area contributed by atoms with E-state index in [9.17, 15) is 14.3 Å². The number of esters is 1. The van der Waals surface area contributed by atoms with E-state index in [4.69, 9.17) is 4.74 Å². The maximum absolute atomic E-state index is 13.5. The number of nitrogens with zero attached hydrogens (tertiary/aromatic N) is 1. The van der Waals surface area contributed by atoms with E-state index >= 15 is 0 Å². The summed E-state index contributed by atoms with van der Waals surface area (Å²) in [6.07, 6.45) is 7.42. The number of aromatic nitrogens is 1. The molecule has 1 aromatic carbocycles. The molecule has 4 nitrogen and oxygen atoms in total. The molecular weight excluding hydrogens is 381 g/mol. The lowest BCUT2D eigenvalue weighted by molar-refractivity contribution is -0.144. The Balaban J connectivity index is 1.58. The number of carbonyl (C=O) groups excluding carboxylic acids is 1. The van der Waals surface area contributed by atoms with Crippen LogP contribution in [0.25, 0.3) is 17.2 Å². The second kappa shape index (κ2) is 8.68. The number of cyclic esters (lactones) is 1. The topological polar surface area (TPSA) is 59.4 Å². The number of hydrogen-bond donors (Lipinski definition) is 1. The third-order valence-corrected chi connectivity index (χ3v) is 6.85. The number of aliphatic hydroxyl groups excluding tert-OH is 1. The zero-order valence-corrected chi connectivity index (χ0v) is 17.4. The second-order valence-electron chi connectivity index (χ2n) is 8.49. The van der Waals surface area contributed by atoms with Gasteiger partial charge in [-0.05, 0) is 60.9 Å². The Morgan fingerprint density at radius 2 is 2.10 bits per heavy atom. The first-order chi connectivity index (χ1) is 14.5. The van der Waals surface area contributed by atoms with E-state index in [1.54, 1.807) is 12.3 Å². The van der Waals surface area contributed by atoms with Gasteiger partial charge in [0.25, 0.3) is 0 Å². The van der Waals surface area contributed by atoms with E-state index in [1.165, 1.54) is 12.1 Å². The summed E-state index contributed by atoms with van der Waals surface area (Å²) in [5.74, 6) is 0.150. The van der Waals surface area contributed by atoms with Crippen molar-refractivity contribution >= 4 is 12.0 Å². The van der Waals surface area contributed by atoms with Crippen molar-refractivity contribution in [2.24, 2.45) is 29.6 Å². The smallest absolute Gasteiger partial charge is 0.309 e. The number of ether oxygens (including phenoxy) is 1. The summed E-state index contributed by atoms with van der Waals surface area (Å²) in [4.78, 5) is 16.8. The van der Waals surface area contributed by atoms with Crippen LogP contribution >= 0.6 is 0 Å². The molecule has 5 heteroatoms. The highest BCUT2D eigenvalue weighted by Gasteiger charge is 2.52. The zero-order valence-electron chi connectivity index (χ0n) is 17.4. The van der Waals surface area contributed by atoms with Crippen molar-refractivity contribution in [3.05, 3.63) is 60.2 Å². The molecule has 1 saturated carbocycles. The van der Waals surface area contributed by atoms with Gasteiger partial charge in [0.05, 0.1) is 11.6 Å². The number of pyridine rings is 1. The van der Waals surface area contributed by atoms with Crippen LogP contribution in [0.1, 0.15) is 32.4 Å². The molecule has 4 rings (SSSR count). The first-order valence-electron chi connectivity index (χ1n) is 10.7. The molecule has 2 heterocycles. The lowest BCUT2D eigenvalue weighted by Crippen LogP contribution is -2.42. The molecule has 1 aliphatic heterocycles. The number of hydrogen-bond acceptors (Lipinski definition) is 4. The van der Waals surface area contributed by atoms with Crippen LogP contribution in [0.15, 0.2) is 48.7 Å². The van der Waals surface area contributed by atoms with E-state index in [-0.39, 0.29) is 48.2 Å². The maximum Gasteiger partial charge on any atom is 0.309 e. The highest BCUT2D eigenvalue weighted by atomic mass is 19.1. The van der Waals surface area contributed by atoms with Gasteiger partial charge in [-0.1, -0.05) is 37.6 Å². The Bertz CT molecular complexity index is 926. The lowest BCUT2D eigenvalue weighted by atomic mass is 9.60. The standard InChI is InChI=1S/C25H28FNO3/c1-3-21-18(14-28)12-23-24(15(2)30-25(23)29)22(21)10-9-20-8-7-17(13-27-20)16-5-4-6-19(26)11-16/h4-11,13,15,18,21-24,28H,3,12,14H2,1-2H3/t15-,18-,21-,22+,23-,24+/m1/s1. The fourth-order valence-corrected chi connectivity index (χ4v) is 5.41. The molecule has 2 aliphatic rings. The van der Waals surface area contributed by atoms with Crippen LogP contribution in [0.2, 0.25) is 0 Å². The summed E-state index contributed by atoms with van der Waals surface area (Å²) >= 11 is 0. The summed E-state index contributed by atoms with van der Waals surface area (Å²) in [5.41, 5.74) is 2.46. The monoisotopic (exact) mass is 409 g/mol. The summed E-state index contributed by atoms with van der Waals surface area (Å²) in [7, 11) is 0. The minimum Gasteiger partial charge on any atom is -0.462 e. The van der Waals surface area contributed by atoms with Crippen molar-refractivity contribution in [3.8, 4) is 11.1 Å². The van der Waals surface area contributed by atoms with Crippen LogP contribution < -0.4 is 0 Å². The molecule has 0 spiro atoms. The molecule has 6 atom stereocenters. The molecule has 1 aliphatic carbocycles. The summed E-state index contributed by atoms with van der Waals surface area (Å²) in [5, 5.41) is 9.91. The number of aliphatic hydroxyl groups is 1. The highest BCUT2D eigenvalue weighted by Crippen LogP contribution is 2.50. The fraction of sp³-hybridized carbons (Fsp3) is 0.440. The molecule has 0 radical (unpaired) electrons. The number of allylic oxidation sites excluding steroid dienone is 1. The van der Waals surface area contributed by atoms with Gasteiger partial charge in [-0.25, -0.2) is 4.39 Å². The van der Waals surface area contributed by atoms with Gasteiger partial charge in [0.1, 0.15) is 11.9 Å². The number of carbonyl (C=O) groups is 1. The van der Waals surface area contributed by atoms with Crippen molar-refractivity contribution in [1.29, 1.82) is 0 Å². The van der Waals surface area contributed by atoms with E-state index < -0.39 is 0 Å². The van der Waals surface area contributed by atoms with Crippen LogP contribution in [-0.4, -0.2) is 28.8 Å². The molecule has 0 unspecified atom stereocenters. The third-order valence-electron chi connectivity index (χ3n) is 6.85.